The molecule has 1 unspecified atom stereocenters. The first-order valence-electron chi connectivity index (χ1n) is 5.08. The van der Waals surface area contributed by atoms with E-state index in [2.05, 4.69) is 34.7 Å². The highest BCUT2D eigenvalue weighted by atomic mass is 15.2. The van der Waals surface area contributed by atoms with Crippen molar-refractivity contribution in [3.05, 3.63) is 36.6 Å². The van der Waals surface area contributed by atoms with E-state index in [1.807, 2.05) is 18.3 Å². The largest absolute Gasteiger partial charge is 0.313 e. The van der Waals surface area contributed by atoms with Crippen LogP contribution in [0.2, 0.25) is 0 Å². The summed E-state index contributed by atoms with van der Waals surface area (Å²) in [4.78, 5) is 6.74. The summed E-state index contributed by atoms with van der Waals surface area (Å²) in [5.41, 5.74) is 1.15. The summed E-state index contributed by atoms with van der Waals surface area (Å²) in [5.74, 6) is 0. The fraction of sp³-hybridized carbons (Fsp3) is 0.455. The maximum Gasteiger partial charge on any atom is 0.0650 e. The van der Waals surface area contributed by atoms with E-state index in [4.69, 9.17) is 0 Å². The van der Waals surface area contributed by atoms with E-state index in [-0.39, 0.29) is 0 Å². The molecule has 0 amide bonds. The molecule has 75 valence electrons. The van der Waals surface area contributed by atoms with Gasteiger partial charge in [-0.1, -0.05) is 6.07 Å². The first-order valence-corrected chi connectivity index (χ1v) is 5.08. The topological polar surface area (TPSA) is 28.2 Å². The van der Waals surface area contributed by atoms with E-state index in [9.17, 15) is 0 Å². The van der Waals surface area contributed by atoms with Crippen LogP contribution in [-0.2, 0) is 0 Å². The van der Waals surface area contributed by atoms with E-state index in [1.54, 1.807) is 0 Å². The molecule has 1 aliphatic heterocycles. The standard InChI is InChI=1S/C11H16N3/c1-2-14-8-7-12-9-11(14)10-5-3-4-6-13-10/h2-6,11-12H,7-9H2,1H3. The summed E-state index contributed by atoms with van der Waals surface area (Å²) in [7, 11) is 0. The van der Waals surface area contributed by atoms with Crippen LogP contribution in [0.5, 0.6) is 0 Å². The molecule has 1 radical (unpaired) electrons. The van der Waals surface area contributed by atoms with Gasteiger partial charge in [0.05, 0.1) is 11.7 Å². The Kier molecular flexibility index (Phi) is 3.11. The fourth-order valence-electron chi connectivity index (χ4n) is 1.88. The molecule has 0 bridgehead atoms. The molecular formula is C11H16N3. The average Bonchev–Trinajstić information content (AvgIpc) is 2.30. The number of hydrogen-bond donors (Lipinski definition) is 1. The lowest BCUT2D eigenvalue weighted by Gasteiger charge is -2.34. The van der Waals surface area contributed by atoms with Crippen molar-refractivity contribution in [1.29, 1.82) is 0 Å². The molecule has 1 atom stereocenters. The summed E-state index contributed by atoms with van der Waals surface area (Å²) < 4.78 is 0. The van der Waals surface area contributed by atoms with Gasteiger partial charge in [0, 0.05) is 32.4 Å². The first-order chi connectivity index (χ1) is 6.92. The molecule has 0 spiro atoms. The van der Waals surface area contributed by atoms with Crippen LogP contribution in [0.4, 0.5) is 0 Å². The maximum absolute atomic E-state index is 4.40. The molecule has 3 heteroatoms. The van der Waals surface area contributed by atoms with Crippen LogP contribution in [0, 0.1) is 6.54 Å². The van der Waals surface area contributed by atoms with E-state index in [1.165, 1.54) is 0 Å². The third kappa shape index (κ3) is 1.94. The van der Waals surface area contributed by atoms with Crippen LogP contribution < -0.4 is 5.32 Å². The molecule has 3 nitrogen and oxygen atoms in total. The summed E-state index contributed by atoms with van der Waals surface area (Å²) in [6.45, 7) is 7.36. The maximum atomic E-state index is 4.40. The van der Waals surface area contributed by atoms with Gasteiger partial charge in [0.25, 0.3) is 0 Å². The Labute approximate surface area is 85.1 Å². The molecule has 1 aromatic rings. The van der Waals surface area contributed by atoms with Gasteiger partial charge >= 0.3 is 0 Å². The highest BCUT2D eigenvalue weighted by Gasteiger charge is 2.22. The monoisotopic (exact) mass is 190 g/mol. The van der Waals surface area contributed by atoms with Crippen molar-refractivity contribution in [2.75, 3.05) is 19.6 Å². The Bertz CT molecular complexity index is 273. The summed E-state index contributed by atoms with van der Waals surface area (Å²) in [6, 6.07) is 6.49. The van der Waals surface area contributed by atoms with Crippen molar-refractivity contribution in [3.8, 4) is 0 Å². The molecule has 1 aromatic heterocycles. The first kappa shape index (κ1) is 9.62. The van der Waals surface area contributed by atoms with Gasteiger partial charge in [-0.3, -0.25) is 9.88 Å². The van der Waals surface area contributed by atoms with Crippen LogP contribution >= 0.6 is 0 Å². The second-order valence-corrected chi connectivity index (χ2v) is 3.47. The zero-order valence-electron chi connectivity index (χ0n) is 8.48. The molecule has 2 heterocycles. The van der Waals surface area contributed by atoms with Gasteiger partial charge in [0.1, 0.15) is 0 Å². The van der Waals surface area contributed by atoms with E-state index >= 15 is 0 Å². The van der Waals surface area contributed by atoms with E-state index < -0.39 is 0 Å². The zero-order valence-corrected chi connectivity index (χ0v) is 8.48. The van der Waals surface area contributed by atoms with Crippen molar-refractivity contribution in [3.63, 3.8) is 0 Å². The minimum atomic E-state index is 0.398. The van der Waals surface area contributed by atoms with Crippen LogP contribution in [0.25, 0.3) is 0 Å². The molecule has 1 fully saturated rings. The molecule has 14 heavy (non-hydrogen) atoms. The normalized spacial score (nSPS) is 23.6. The lowest BCUT2D eigenvalue weighted by atomic mass is 10.1. The molecular weight excluding hydrogens is 174 g/mol. The van der Waals surface area contributed by atoms with Gasteiger partial charge in [-0.25, -0.2) is 0 Å². The molecule has 0 aromatic carbocycles. The predicted octanol–water partition coefficient (Wildman–Crippen LogP) is 1.21. The van der Waals surface area contributed by atoms with Gasteiger partial charge in [0.2, 0.25) is 0 Å². The number of nitrogens with zero attached hydrogens (tertiary/aromatic N) is 2. The fourth-order valence-corrected chi connectivity index (χ4v) is 1.88. The van der Waals surface area contributed by atoms with E-state index in [0.717, 1.165) is 25.3 Å². The van der Waals surface area contributed by atoms with Crippen LogP contribution in [0.15, 0.2) is 24.4 Å². The van der Waals surface area contributed by atoms with Crippen LogP contribution in [0.1, 0.15) is 18.7 Å². The average molecular weight is 190 g/mol. The predicted molar refractivity (Wildman–Crippen MR) is 56.5 cm³/mol. The Morgan fingerprint density at radius 3 is 3.21 bits per heavy atom. The third-order valence-corrected chi connectivity index (χ3v) is 2.65. The second-order valence-electron chi connectivity index (χ2n) is 3.47. The van der Waals surface area contributed by atoms with Gasteiger partial charge in [0.15, 0.2) is 0 Å². The Balaban J connectivity index is 2.15. The molecule has 1 saturated heterocycles. The van der Waals surface area contributed by atoms with Gasteiger partial charge in [-0.05, 0) is 19.1 Å². The number of aromatic nitrogens is 1. The molecule has 0 saturated carbocycles. The second kappa shape index (κ2) is 4.53. The van der Waals surface area contributed by atoms with Crippen molar-refractivity contribution >= 4 is 0 Å². The minimum absolute atomic E-state index is 0.398. The Hall–Kier alpha value is -0.930. The summed E-state index contributed by atoms with van der Waals surface area (Å²) in [6.07, 6.45) is 1.86. The zero-order chi connectivity index (χ0) is 9.80. The van der Waals surface area contributed by atoms with Gasteiger partial charge in [-0.15, -0.1) is 0 Å². The van der Waals surface area contributed by atoms with E-state index in [0.29, 0.717) is 6.04 Å². The number of piperazine rings is 1. The number of nitrogens with one attached hydrogen (secondary N) is 1. The lowest BCUT2D eigenvalue weighted by molar-refractivity contribution is 0.202. The summed E-state index contributed by atoms with van der Waals surface area (Å²) in [5, 5.41) is 3.40. The third-order valence-electron chi connectivity index (χ3n) is 2.65. The molecule has 2 rings (SSSR count). The highest BCUT2D eigenvalue weighted by Crippen LogP contribution is 2.20. The van der Waals surface area contributed by atoms with Crippen LogP contribution in [0.3, 0.4) is 0 Å². The quantitative estimate of drug-likeness (QED) is 0.759. The number of hydrogen-bond acceptors (Lipinski definition) is 3. The van der Waals surface area contributed by atoms with Gasteiger partial charge in [-0.2, -0.15) is 0 Å². The van der Waals surface area contributed by atoms with Gasteiger partial charge < -0.3 is 5.32 Å². The smallest absolute Gasteiger partial charge is 0.0650 e. The lowest BCUT2D eigenvalue weighted by Crippen LogP contribution is -2.44. The van der Waals surface area contributed by atoms with Crippen molar-refractivity contribution in [2.45, 2.75) is 13.0 Å². The number of pyridine rings is 1. The van der Waals surface area contributed by atoms with Crippen molar-refractivity contribution in [2.24, 2.45) is 0 Å². The summed E-state index contributed by atoms with van der Waals surface area (Å²) >= 11 is 0. The minimum Gasteiger partial charge on any atom is -0.313 e. The molecule has 0 aliphatic carbocycles. The highest BCUT2D eigenvalue weighted by molar-refractivity contribution is 5.11. The molecule has 1 aliphatic rings. The Morgan fingerprint density at radius 2 is 2.50 bits per heavy atom. The van der Waals surface area contributed by atoms with Crippen molar-refractivity contribution in [1.82, 2.24) is 15.2 Å². The Morgan fingerprint density at radius 1 is 1.57 bits per heavy atom. The van der Waals surface area contributed by atoms with Crippen molar-refractivity contribution < 1.29 is 0 Å². The number of rotatable bonds is 2. The SMILES string of the molecule is C[CH]N1CCNCC1c1ccccn1. The molecule has 1 N–H and O–H groups in total. The van der Waals surface area contributed by atoms with Crippen LogP contribution in [-0.4, -0.2) is 29.5 Å².